The number of rotatable bonds is 5. The second-order valence-electron chi connectivity index (χ2n) is 5.33. The van der Waals surface area contributed by atoms with Gasteiger partial charge < -0.3 is 15.4 Å². The first kappa shape index (κ1) is 18.0. The molecule has 3 aromatic rings. The van der Waals surface area contributed by atoms with Gasteiger partial charge in [-0.05, 0) is 36.4 Å². The van der Waals surface area contributed by atoms with E-state index >= 15 is 0 Å². The summed E-state index contributed by atoms with van der Waals surface area (Å²) in [6, 6.07) is 15.5. The fraction of sp³-hybridized carbons (Fsp3) is 0.0526. The number of hydrogen-bond donors (Lipinski definition) is 2. The zero-order valence-corrected chi connectivity index (χ0v) is 14.4. The van der Waals surface area contributed by atoms with E-state index in [4.69, 9.17) is 4.74 Å². The monoisotopic (exact) mass is 365 g/mol. The van der Waals surface area contributed by atoms with E-state index in [0.717, 1.165) is 0 Å². The van der Waals surface area contributed by atoms with Crippen LogP contribution in [-0.2, 0) is 0 Å². The summed E-state index contributed by atoms with van der Waals surface area (Å²) in [5.41, 5.74) is 1.01. The van der Waals surface area contributed by atoms with Gasteiger partial charge in [0, 0.05) is 12.3 Å². The number of anilines is 2. The molecule has 0 saturated heterocycles. The van der Waals surface area contributed by atoms with Crippen molar-refractivity contribution in [2.75, 3.05) is 17.7 Å². The molecular formula is C19H16FN5O2. The molecule has 27 heavy (non-hydrogen) atoms. The van der Waals surface area contributed by atoms with Crippen LogP contribution in [0.1, 0.15) is 0 Å². The minimum atomic E-state index is -0.596. The number of methoxy groups -OCH3 is 1. The second-order valence-corrected chi connectivity index (χ2v) is 5.33. The number of para-hydroxylation sites is 1. The van der Waals surface area contributed by atoms with Crippen molar-refractivity contribution in [3.05, 3.63) is 72.7 Å². The second kappa shape index (κ2) is 8.52. The minimum absolute atomic E-state index is 0.0785. The summed E-state index contributed by atoms with van der Waals surface area (Å²) >= 11 is 0. The number of pyridine rings is 1. The lowest BCUT2D eigenvalue weighted by Gasteiger charge is -2.12. The summed E-state index contributed by atoms with van der Waals surface area (Å²) in [6.07, 6.45) is 1.62. The maximum atomic E-state index is 13.6. The number of aromatic nitrogens is 1. The van der Waals surface area contributed by atoms with Gasteiger partial charge in [0.1, 0.15) is 11.6 Å². The van der Waals surface area contributed by atoms with Crippen molar-refractivity contribution in [2.45, 2.75) is 0 Å². The van der Waals surface area contributed by atoms with E-state index in [1.807, 2.05) is 6.07 Å². The lowest BCUT2D eigenvalue weighted by Crippen LogP contribution is -2.20. The van der Waals surface area contributed by atoms with Gasteiger partial charge in [-0.2, -0.15) is 0 Å². The number of azo groups is 1. The van der Waals surface area contributed by atoms with Crippen LogP contribution in [0.3, 0.4) is 0 Å². The van der Waals surface area contributed by atoms with E-state index < -0.39 is 11.8 Å². The van der Waals surface area contributed by atoms with Gasteiger partial charge in [-0.3, -0.25) is 0 Å². The predicted octanol–water partition coefficient (Wildman–Crippen LogP) is 5.29. The molecule has 136 valence electrons. The highest BCUT2D eigenvalue weighted by Gasteiger charge is 2.10. The van der Waals surface area contributed by atoms with Crippen molar-refractivity contribution in [3.8, 4) is 5.75 Å². The van der Waals surface area contributed by atoms with Crippen LogP contribution in [0.5, 0.6) is 5.75 Å². The summed E-state index contributed by atoms with van der Waals surface area (Å²) in [6.45, 7) is 0. The molecule has 0 aliphatic carbocycles. The molecule has 2 aromatic carbocycles. The van der Waals surface area contributed by atoms with Gasteiger partial charge in [0.25, 0.3) is 0 Å². The van der Waals surface area contributed by atoms with Gasteiger partial charge in [-0.25, -0.2) is 14.2 Å². The minimum Gasteiger partial charge on any atom is -0.494 e. The summed E-state index contributed by atoms with van der Waals surface area (Å²) < 4.78 is 18.9. The molecule has 0 spiro atoms. The van der Waals surface area contributed by atoms with E-state index in [0.29, 0.717) is 22.9 Å². The van der Waals surface area contributed by atoms with Gasteiger partial charge in [0.05, 0.1) is 24.2 Å². The van der Waals surface area contributed by atoms with E-state index in [2.05, 4.69) is 25.8 Å². The summed E-state index contributed by atoms with van der Waals surface area (Å²) in [5.74, 6) is 0.337. The molecule has 0 aliphatic heterocycles. The fourth-order valence-electron chi connectivity index (χ4n) is 2.21. The molecule has 3 rings (SSSR count). The standard InChI is InChI=1S/C19H16FN5O2/c1-27-17-12-13(24-25-18-8-4-5-11-21-18)9-10-16(17)23-19(26)22-15-7-3-2-6-14(15)20/h2-12H,1H3,(H2,22,23,26)/b25-24+. The Morgan fingerprint density at radius 3 is 2.52 bits per heavy atom. The van der Waals surface area contributed by atoms with Crippen LogP contribution in [0, 0.1) is 5.82 Å². The van der Waals surface area contributed by atoms with Crippen molar-refractivity contribution >= 4 is 28.9 Å². The lowest BCUT2D eigenvalue weighted by atomic mass is 10.2. The Morgan fingerprint density at radius 1 is 1.00 bits per heavy atom. The molecule has 0 bridgehead atoms. The topological polar surface area (TPSA) is 88.0 Å². The number of carbonyl (C=O) groups is 1. The smallest absolute Gasteiger partial charge is 0.323 e. The Labute approximate surface area is 154 Å². The first-order chi connectivity index (χ1) is 13.2. The number of nitrogens with zero attached hydrogens (tertiary/aromatic N) is 3. The van der Waals surface area contributed by atoms with Crippen LogP contribution in [0.25, 0.3) is 0 Å². The molecule has 0 saturated carbocycles. The van der Waals surface area contributed by atoms with E-state index in [-0.39, 0.29) is 5.69 Å². The lowest BCUT2D eigenvalue weighted by molar-refractivity contribution is 0.262. The highest BCUT2D eigenvalue weighted by molar-refractivity contribution is 6.00. The number of amides is 2. The number of benzene rings is 2. The van der Waals surface area contributed by atoms with Gasteiger partial charge in [0.15, 0.2) is 5.82 Å². The third-order valence-corrected chi connectivity index (χ3v) is 3.47. The van der Waals surface area contributed by atoms with Crippen LogP contribution < -0.4 is 15.4 Å². The molecular weight excluding hydrogens is 349 g/mol. The van der Waals surface area contributed by atoms with E-state index in [1.54, 1.807) is 48.7 Å². The summed E-state index contributed by atoms with van der Waals surface area (Å²) in [5, 5.41) is 13.2. The van der Waals surface area contributed by atoms with Crippen molar-refractivity contribution in [1.82, 2.24) is 4.98 Å². The third kappa shape index (κ3) is 4.85. The Kier molecular flexibility index (Phi) is 5.68. The van der Waals surface area contributed by atoms with Crippen LogP contribution in [0.2, 0.25) is 0 Å². The van der Waals surface area contributed by atoms with Crippen LogP contribution in [0.15, 0.2) is 77.1 Å². The number of hydrogen-bond acceptors (Lipinski definition) is 5. The summed E-state index contributed by atoms with van der Waals surface area (Å²) in [4.78, 5) is 16.2. The molecule has 0 fully saturated rings. The molecule has 0 aliphatic rings. The van der Waals surface area contributed by atoms with Gasteiger partial charge >= 0.3 is 6.03 Å². The Hall–Kier alpha value is -3.81. The normalized spacial score (nSPS) is 10.6. The van der Waals surface area contributed by atoms with E-state index in [1.165, 1.54) is 19.2 Å². The van der Waals surface area contributed by atoms with Crippen molar-refractivity contribution in [1.29, 1.82) is 0 Å². The number of urea groups is 1. The van der Waals surface area contributed by atoms with Crippen molar-refractivity contribution < 1.29 is 13.9 Å². The molecule has 0 unspecified atom stereocenters. The van der Waals surface area contributed by atoms with Gasteiger partial charge in [-0.1, -0.05) is 18.2 Å². The highest BCUT2D eigenvalue weighted by atomic mass is 19.1. The Balaban J connectivity index is 1.71. The molecule has 1 aromatic heterocycles. The van der Waals surface area contributed by atoms with Crippen LogP contribution in [-0.4, -0.2) is 18.1 Å². The fourth-order valence-corrected chi connectivity index (χ4v) is 2.21. The largest absolute Gasteiger partial charge is 0.494 e. The maximum absolute atomic E-state index is 13.6. The zero-order valence-electron chi connectivity index (χ0n) is 14.4. The SMILES string of the molecule is COc1cc(/N=N/c2ccccn2)ccc1NC(=O)Nc1ccccc1F. The maximum Gasteiger partial charge on any atom is 0.323 e. The number of carbonyl (C=O) groups excluding carboxylic acids is 1. The molecule has 1 heterocycles. The molecule has 0 atom stereocenters. The van der Waals surface area contributed by atoms with Gasteiger partial charge in [0.2, 0.25) is 0 Å². The average Bonchev–Trinajstić information content (AvgIpc) is 2.69. The predicted molar refractivity (Wildman–Crippen MR) is 100 cm³/mol. The molecule has 2 amide bonds. The number of halogens is 1. The van der Waals surface area contributed by atoms with Crippen molar-refractivity contribution in [2.24, 2.45) is 10.2 Å². The number of nitrogens with one attached hydrogen (secondary N) is 2. The molecule has 0 radical (unpaired) electrons. The first-order valence-corrected chi connectivity index (χ1v) is 7.99. The third-order valence-electron chi connectivity index (χ3n) is 3.47. The number of ether oxygens (including phenoxy) is 1. The Morgan fingerprint density at radius 2 is 1.78 bits per heavy atom. The Bertz CT molecular complexity index is 963. The van der Waals surface area contributed by atoms with Gasteiger partial charge in [-0.15, -0.1) is 10.2 Å². The van der Waals surface area contributed by atoms with Crippen LogP contribution in [0.4, 0.5) is 32.1 Å². The van der Waals surface area contributed by atoms with Crippen LogP contribution >= 0.6 is 0 Å². The van der Waals surface area contributed by atoms with E-state index in [9.17, 15) is 9.18 Å². The quantitative estimate of drug-likeness (QED) is 0.602. The average molecular weight is 365 g/mol. The molecule has 2 N–H and O–H groups in total. The summed E-state index contributed by atoms with van der Waals surface area (Å²) in [7, 11) is 1.47. The zero-order chi connectivity index (χ0) is 19.1. The highest BCUT2D eigenvalue weighted by Crippen LogP contribution is 2.30. The molecule has 7 nitrogen and oxygen atoms in total. The van der Waals surface area contributed by atoms with Crippen molar-refractivity contribution in [3.63, 3.8) is 0 Å². The first-order valence-electron chi connectivity index (χ1n) is 7.99. The molecule has 8 heteroatoms.